The van der Waals surface area contributed by atoms with Crippen LogP contribution in [0.25, 0.3) is 0 Å². The molecule has 5 nitrogen and oxygen atoms in total. The molecule has 4 N–H and O–H groups in total. The molecule has 1 amide bonds. The van der Waals surface area contributed by atoms with Gasteiger partial charge in [0.15, 0.2) is 5.96 Å². The fourth-order valence-electron chi connectivity index (χ4n) is 1.53. The Morgan fingerprint density at radius 3 is 2.90 bits per heavy atom. The number of carbonyl (C=O) groups is 1. The van der Waals surface area contributed by atoms with Gasteiger partial charge in [0, 0.05) is 29.7 Å². The third-order valence-corrected chi connectivity index (χ3v) is 3.13. The van der Waals surface area contributed by atoms with E-state index in [1.54, 1.807) is 0 Å². The van der Waals surface area contributed by atoms with Gasteiger partial charge in [-0.05, 0) is 31.0 Å². The number of aryl methyl sites for hydroxylation is 1. The molecule has 1 aromatic rings. The Bertz CT molecular complexity index is 488. The van der Waals surface area contributed by atoms with Crippen LogP contribution in [0, 0.1) is 6.92 Å². The number of anilines is 1. The topological polar surface area (TPSA) is 79.5 Å². The van der Waals surface area contributed by atoms with Crippen LogP contribution in [0.4, 0.5) is 5.69 Å². The van der Waals surface area contributed by atoms with E-state index in [-0.39, 0.29) is 5.91 Å². The van der Waals surface area contributed by atoms with Crippen LogP contribution in [0.15, 0.2) is 27.7 Å². The lowest BCUT2D eigenvalue weighted by molar-refractivity contribution is -0.116. The molecule has 1 aromatic carbocycles. The minimum absolute atomic E-state index is 0.0537. The third-order valence-electron chi connectivity index (χ3n) is 2.64. The summed E-state index contributed by atoms with van der Waals surface area (Å²) in [5, 5.41) is 5.80. The second-order valence-corrected chi connectivity index (χ2v) is 5.37. The number of nitrogens with zero attached hydrogens (tertiary/aromatic N) is 1. The highest BCUT2D eigenvalue weighted by atomic mass is 79.9. The Labute approximate surface area is 128 Å². The van der Waals surface area contributed by atoms with Crippen molar-refractivity contribution in [2.75, 3.05) is 18.4 Å². The quantitative estimate of drug-likeness (QED) is 0.549. The third kappa shape index (κ3) is 6.06. The lowest BCUT2D eigenvalue weighted by Gasteiger charge is -2.09. The fourth-order valence-corrected chi connectivity index (χ4v) is 1.89. The average molecular weight is 341 g/mol. The molecule has 0 atom stereocenters. The van der Waals surface area contributed by atoms with Gasteiger partial charge in [-0.25, -0.2) is 0 Å². The maximum absolute atomic E-state index is 11.8. The van der Waals surface area contributed by atoms with Gasteiger partial charge in [0.2, 0.25) is 5.91 Å². The van der Waals surface area contributed by atoms with Crippen molar-refractivity contribution in [3.8, 4) is 0 Å². The average Bonchev–Trinajstić information content (AvgIpc) is 2.40. The molecule has 0 spiro atoms. The van der Waals surface area contributed by atoms with Crippen LogP contribution in [0.3, 0.4) is 0 Å². The summed E-state index contributed by atoms with van der Waals surface area (Å²) in [5.74, 6) is 0.334. The van der Waals surface area contributed by atoms with E-state index in [9.17, 15) is 4.79 Å². The number of aliphatic imine (C=N–C) groups is 1. The van der Waals surface area contributed by atoms with Gasteiger partial charge in [-0.1, -0.05) is 28.9 Å². The number of carbonyl (C=O) groups excluding carboxylic acids is 1. The van der Waals surface area contributed by atoms with E-state index in [0.29, 0.717) is 25.5 Å². The number of hydrogen-bond acceptors (Lipinski definition) is 2. The Morgan fingerprint density at radius 1 is 1.45 bits per heavy atom. The first-order valence-electron chi connectivity index (χ1n) is 6.62. The van der Waals surface area contributed by atoms with E-state index in [1.165, 1.54) is 0 Å². The highest BCUT2D eigenvalue weighted by Gasteiger charge is 2.05. The zero-order valence-electron chi connectivity index (χ0n) is 11.9. The summed E-state index contributed by atoms with van der Waals surface area (Å²) < 4.78 is 0.937. The number of nitrogens with one attached hydrogen (secondary N) is 2. The zero-order valence-corrected chi connectivity index (χ0v) is 13.5. The molecule has 6 heteroatoms. The lowest BCUT2D eigenvalue weighted by Crippen LogP contribution is -2.34. The van der Waals surface area contributed by atoms with Crippen LogP contribution < -0.4 is 16.4 Å². The largest absolute Gasteiger partial charge is 0.370 e. The lowest BCUT2D eigenvalue weighted by atomic mass is 10.2. The van der Waals surface area contributed by atoms with E-state index in [1.807, 2.05) is 32.0 Å². The number of benzene rings is 1. The number of hydrogen-bond donors (Lipinski definition) is 3. The molecule has 0 aliphatic heterocycles. The van der Waals surface area contributed by atoms with Gasteiger partial charge in [0.1, 0.15) is 0 Å². The summed E-state index contributed by atoms with van der Waals surface area (Å²) in [6.07, 6.45) is 1.29. The molecule has 0 aliphatic carbocycles. The molecular weight excluding hydrogens is 320 g/mol. The van der Waals surface area contributed by atoms with Crippen molar-refractivity contribution in [2.45, 2.75) is 26.7 Å². The van der Waals surface area contributed by atoms with E-state index in [2.05, 4.69) is 31.6 Å². The fraction of sp³-hybridized carbons (Fsp3) is 0.429. The van der Waals surface area contributed by atoms with E-state index in [0.717, 1.165) is 22.1 Å². The minimum atomic E-state index is -0.0537. The first kappa shape index (κ1) is 16.5. The normalized spacial score (nSPS) is 11.2. The summed E-state index contributed by atoms with van der Waals surface area (Å²) in [4.78, 5) is 15.9. The standard InChI is InChI=1S/C14H21BrN4O/c1-3-7-17-14(16)18-8-6-13(20)19-12-9-11(15)5-4-10(12)2/h4-5,9H,3,6-8H2,1-2H3,(H,19,20)(H3,16,17,18). The van der Waals surface area contributed by atoms with Gasteiger partial charge >= 0.3 is 0 Å². The van der Waals surface area contributed by atoms with Crippen LogP contribution in [-0.2, 0) is 4.79 Å². The predicted molar refractivity (Wildman–Crippen MR) is 86.9 cm³/mol. The maximum Gasteiger partial charge on any atom is 0.226 e. The van der Waals surface area contributed by atoms with Crippen molar-refractivity contribution < 1.29 is 4.79 Å². The van der Waals surface area contributed by atoms with E-state index < -0.39 is 0 Å². The molecule has 0 radical (unpaired) electrons. The molecule has 0 saturated carbocycles. The number of nitrogens with two attached hydrogens (primary N) is 1. The van der Waals surface area contributed by atoms with Crippen molar-refractivity contribution in [1.29, 1.82) is 0 Å². The van der Waals surface area contributed by atoms with Crippen LogP contribution in [0.2, 0.25) is 0 Å². The van der Waals surface area contributed by atoms with Gasteiger partial charge in [-0.15, -0.1) is 0 Å². The summed E-state index contributed by atoms with van der Waals surface area (Å²) in [6.45, 7) is 5.15. The number of guanidine groups is 1. The SMILES string of the molecule is CCCN=C(N)NCCC(=O)Nc1cc(Br)ccc1C. The molecule has 0 unspecified atom stereocenters. The highest BCUT2D eigenvalue weighted by molar-refractivity contribution is 9.10. The molecular formula is C14H21BrN4O. The molecule has 0 bridgehead atoms. The van der Waals surface area contributed by atoms with Crippen molar-refractivity contribution >= 4 is 33.5 Å². The van der Waals surface area contributed by atoms with E-state index >= 15 is 0 Å². The number of halogens is 1. The van der Waals surface area contributed by atoms with Crippen LogP contribution in [0.1, 0.15) is 25.3 Å². The van der Waals surface area contributed by atoms with Crippen LogP contribution in [0.5, 0.6) is 0 Å². The molecule has 0 fully saturated rings. The Balaban J connectivity index is 2.39. The Hall–Kier alpha value is -1.56. The van der Waals surface area contributed by atoms with Gasteiger partial charge in [0.05, 0.1) is 0 Å². The molecule has 0 saturated heterocycles. The summed E-state index contributed by atoms with van der Waals surface area (Å²) in [7, 11) is 0. The smallest absolute Gasteiger partial charge is 0.226 e. The van der Waals surface area contributed by atoms with Crippen molar-refractivity contribution in [1.82, 2.24) is 5.32 Å². The monoisotopic (exact) mass is 340 g/mol. The summed E-state index contributed by atoms with van der Waals surface area (Å²) in [5.41, 5.74) is 7.49. The summed E-state index contributed by atoms with van der Waals surface area (Å²) in [6, 6.07) is 5.78. The molecule has 20 heavy (non-hydrogen) atoms. The van der Waals surface area contributed by atoms with Crippen molar-refractivity contribution in [2.24, 2.45) is 10.7 Å². The predicted octanol–water partition coefficient (Wildman–Crippen LogP) is 2.40. The number of rotatable bonds is 6. The summed E-state index contributed by atoms with van der Waals surface area (Å²) >= 11 is 3.39. The Morgan fingerprint density at radius 2 is 2.20 bits per heavy atom. The number of amides is 1. The highest BCUT2D eigenvalue weighted by Crippen LogP contribution is 2.20. The van der Waals surface area contributed by atoms with Crippen molar-refractivity contribution in [3.63, 3.8) is 0 Å². The van der Waals surface area contributed by atoms with Crippen LogP contribution >= 0.6 is 15.9 Å². The van der Waals surface area contributed by atoms with Gasteiger partial charge < -0.3 is 16.4 Å². The van der Waals surface area contributed by atoms with Gasteiger partial charge in [0.25, 0.3) is 0 Å². The second kappa shape index (κ2) is 8.58. The Kier molecular flexibility index (Phi) is 7.08. The molecule has 110 valence electrons. The van der Waals surface area contributed by atoms with E-state index in [4.69, 9.17) is 5.73 Å². The molecule has 0 heterocycles. The van der Waals surface area contributed by atoms with Gasteiger partial charge in [-0.3, -0.25) is 9.79 Å². The molecule has 0 aliphatic rings. The minimum Gasteiger partial charge on any atom is -0.370 e. The molecule has 0 aromatic heterocycles. The molecule has 1 rings (SSSR count). The van der Waals surface area contributed by atoms with Crippen LogP contribution in [-0.4, -0.2) is 25.0 Å². The first-order chi connectivity index (χ1) is 9.52. The van der Waals surface area contributed by atoms with Gasteiger partial charge in [-0.2, -0.15) is 0 Å². The van der Waals surface area contributed by atoms with Crippen molar-refractivity contribution in [3.05, 3.63) is 28.2 Å². The second-order valence-electron chi connectivity index (χ2n) is 4.45. The maximum atomic E-state index is 11.8. The zero-order chi connectivity index (χ0) is 15.0. The first-order valence-corrected chi connectivity index (χ1v) is 7.42.